The summed E-state index contributed by atoms with van der Waals surface area (Å²) in [6.07, 6.45) is 2.99. The van der Waals surface area contributed by atoms with Crippen molar-refractivity contribution < 1.29 is 9.59 Å². The molecular formula is C13H10IN3O2. The van der Waals surface area contributed by atoms with Crippen LogP contribution in [0.1, 0.15) is 20.7 Å². The third-order valence-corrected chi connectivity index (χ3v) is 3.04. The topological polar surface area (TPSA) is 71.1 Å². The fourth-order valence-corrected chi connectivity index (χ4v) is 1.72. The standard InChI is InChI=1S/C13H10IN3O2/c14-11-5-3-9(4-6-11)12(18)16-17-13(19)10-2-1-7-15-8-10/h1-8H,(H,16,18)(H,17,19). The molecule has 96 valence electrons. The summed E-state index contributed by atoms with van der Waals surface area (Å²) >= 11 is 2.15. The molecule has 0 aliphatic heterocycles. The van der Waals surface area contributed by atoms with E-state index in [2.05, 4.69) is 38.4 Å². The fraction of sp³-hybridized carbons (Fsp3) is 0. The van der Waals surface area contributed by atoms with E-state index in [0.29, 0.717) is 11.1 Å². The van der Waals surface area contributed by atoms with Crippen molar-refractivity contribution in [1.29, 1.82) is 0 Å². The lowest BCUT2D eigenvalue weighted by atomic mass is 10.2. The summed E-state index contributed by atoms with van der Waals surface area (Å²) in [7, 11) is 0. The quantitative estimate of drug-likeness (QED) is 0.628. The molecule has 1 aromatic heterocycles. The number of halogens is 1. The molecule has 0 aliphatic rings. The Bertz CT molecular complexity index is 585. The van der Waals surface area contributed by atoms with Crippen molar-refractivity contribution >= 4 is 34.4 Å². The van der Waals surface area contributed by atoms with Crippen molar-refractivity contribution in [2.45, 2.75) is 0 Å². The Morgan fingerprint density at radius 3 is 2.16 bits per heavy atom. The summed E-state index contributed by atoms with van der Waals surface area (Å²) in [5, 5.41) is 0. The fourth-order valence-electron chi connectivity index (χ4n) is 1.36. The van der Waals surface area contributed by atoms with Crippen LogP contribution in [-0.4, -0.2) is 16.8 Å². The first-order valence-electron chi connectivity index (χ1n) is 5.43. The maximum atomic E-state index is 11.7. The number of nitrogens with one attached hydrogen (secondary N) is 2. The summed E-state index contributed by atoms with van der Waals surface area (Å²) < 4.78 is 1.04. The maximum Gasteiger partial charge on any atom is 0.271 e. The average molecular weight is 367 g/mol. The van der Waals surface area contributed by atoms with E-state index in [-0.39, 0.29) is 5.91 Å². The van der Waals surface area contributed by atoms with Crippen LogP contribution in [-0.2, 0) is 0 Å². The number of nitrogens with zero attached hydrogens (tertiary/aromatic N) is 1. The minimum absolute atomic E-state index is 0.367. The highest BCUT2D eigenvalue weighted by Crippen LogP contribution is 2.06. The summed E-state index contributed by atoms with van der Waals surface area (Å²) in [6, 6.07) is 10.3. The molecule has 0 saturated carbocycles. The van der Waals surface area contributed by atoms with Crippen LogP contribution in [0.5, 0.6) is 0 Å². The molecule has 0 spiro atoms. The van der Waals surface area contributed by atoms with E-state index in [1.807, 2.05) is 12.1 Å². The van der Waals surface area contributed by atoms with Crippen LogP contribution in [0.4, 0.5) is 0 Å². The molecule has 6 heteroatoms. The molecule has 5 nitrogen and oxygen atoms in total. The number of carbonyl (C=O) groups is 2. The van der Waals surface area contributed by atoms with Crippen molar-refractivity contribution in [3.05, 3.63) is 63.5 Å². The van der Waals surface area contributed by atoms with Crippen LogP contribution in [0.3, 0.4) is 0 Å². The second-order valence-corrected chi connectivity index (χ2v) is 4.90. The van der Waals surface area contributed by atoms with Crippen LogP contribution < -0.4 is 10.9 Å². The van der Waals surface area contributed by atoms with Crippen molar-refractivity contribution in [3.63, 3.8) is 0 Å². The first-order chi connectivity index (χ1) is 9.16. The van der Waals surface area contributed by atoms with Crippen molar-refractivity contribution in [3.8, 4) is 0 Å². The molecular weight excluding hydrogens is 357 g/mol. The summed E-state index contributed by atoms with van der Waals surface area (Å²) in [6.45, 7) is 0. The Labute approximate surface area is 123 Å². The third kappa shape index (κ3) is 3.75. The number of carbonyl (C=O) groups excluding carboxylic acids is 2. The van der Waals surface area contributed by atoms with Crippen molar-refractivity contribution in [2.75, 3.05) is 0 Å². The van der Waals surface area contributed by atoms with Gasteiger partial charge in [0.2, 0.25) is 0 Å². The Kier molecular flexibility index (Phi) is 4.45. The minimum atomic E-state index is -0.410. The molecule has 2 aromatic rings. The Morgan fingerprint density at radius 1 is 0.947 bits per heavy atom. The largest absolute Gasteiger partial charge is 0.271 e. The van der Waals surface area contributed by atoms with Gasteiger partial charge < -0.3 is 0 Å². The molecule has 2 rings (SSSR count). The van der Waals surface area contributed by atoms with Gasteiger partial charge in [0.25, 0.3) is 11.8 Å². The number of rotatable bonds is 2. The number of aromatic nitrogens is 1. The van der Waals surface area contributed by atoms with Gasteiger partial charge in [0.1, 0.15) is 0 Å². The van der Waals surface area contributed by atoms with Gasteiger partial charge in [-0.2, -0.15) is 0 Å². The minimum Gasteiger partial charge on any atom is -0.267 e. The van der Waals surface area contributed by atoms with E-state index in [1.165, 1.54) is 6.20 Å². The first kappa shape index (κ1) is 13.5. The highest BCUT2D eigenvalue weighted by atomic mass is 127. The zero-order valence-corrected chi connectivity index (χ0v) is 11.9. The van der Waals surface area contributed by atoms with E-state index >= 15 is 0 Å². The van der Waals surface area contributed by atoms with Gasteiger partial charge in [0, 0.05) is 21.5 Å². The molecule has 1 aromatic carbocycles. The maximum absolute atomic E-state index is 11.7. The van der Waals surface area contributed by atoms with Gasteiger partial charge in [-0.05, 0) is 59.0 Å². The lowest BCUT2D eigenvalue weighted by molar-refractivity contribution is 0.0846. The number of pyridine rings is 1. The molecule has 19 heavy (non-hydrogen) atoms. The van der Waals surface area contributed by atoms with Crippen LogP contribution in [0.15, 0.2) is 48.8 Å². The molecule has 0 unspecified atom stereocenters. The zero-order valence-electron chi connectivity index (χ0n) is 9.76. The molecule has 0 atom stereocenters. The second-order valence-electron chi connectivity index (χ2n) is 3.66. The van der Waals surface area contributed by atoms with Crippen molar-refractivity contribution in [2.24, 2.45) is 0 Å². The second kappa shape index (κ2) is 6.28. The molecule has 0 radical (unpaired) electrons. The summed E-state index contributed by atoms with van der Waals surface area (Å²) in [5.74, 6) is -0.777. The molecule has 0 bridgehead atoms. The first-order valence-corrected chi connectivity index (χ1v) is 6.51. The molecule has 0 saturated heterocycles. The third-order valence-electron chi connectivity index (χ3n) is 2.32. The number of amides is 2. The summed E-state index contributed by atoms with van der Waals surface area (Å²) in [4.78, 5) is 27.2. The highest BCUT2D eigenvalue weighted by Gasteiger charge is 2.08. The molecule has 2 amide bonds. The van der Waals surface area contributed by atoms with Crippen molar-refractivity contribution in [1.82, 2.24) is 15.8 Å². The SMILES string of the molecule is O=C(NNC(=O)c1cccnc1)c1ccc(I)cc1. The smallest absolute Gasteiger partial charge is 0.267 e. The molecule has 0 fully saturated rings. The highest BCUT2D eigenvalue weighted by molar-refractivity contribution is 14.1. The van der Waals surface area contributed by atoms with Crippen LogP contribution in [0.2, 0.25) is 0 Å². The van der Waals surface area contributed by atoms with E-state index < -0.39 is 5.91 Å². The van der Waals surface area contributed by atoms with Gasteiger partial charge in [-0.1, -0.05) is 0 Å². The van der Waals surface area contributed by atoms with Crippen LogP contribution >= 0.6 is 22.6 Å². The molecule has 2 N–H and O–H groups in total. The predicted octanol–water partition coefficient (Wildman–Crippen LogP) is 1.76. The van der Waals surface area contributed by atoms with Gasteiger partial charge in [-0.15, -0.1) is 0 Å². The predicted molar refractivity (Wildman–Crippen MR) is 78.3 cm³/mol. The Morgan fingerprint density at radius 2 is 1.58 bits per heavy atom. The van der Waals surface area contributed by atoms with Crippen LogP contribution in [0.25, 0.3) is 0 Å². The van der Waals surface area contributed by atoms with E-state index in [1.54, 1.807) is 30.5 Å². The average Bonchev–Trinajstić information content (AvgIpc) is 2.46. The Hall–Kier alpha value is -1.96. The number of hydrazine groups is 1. The Balaban J connectivity index is 1.94. The lowest BCUT2D eigenvalue weighted by Crippen LogP contribution is -2.41. The number of hydrogen-bond donors (Lipinski definition) is 2. The number of benzene rings is 1. The molecule has 0 aliphatic carbocycles. The molecule has 1 heterocycles. The zero-order chi connectivity index (χ0) is 13.7. The van der Waals surface area contributed by atoms with Gasteiger partial charge in [-0.3, -0.25) is 25.4 Å². The van der Waals surface area contributed by atoms with Crippen LogP contribution in [0, 0.1) is 3.57 Å². The van der Waals surface area contributed by atoms with E-state index in [0.717, 1.165) is 3.57 Å². The van der Waals surface area contributed by atoms with E-state index in [4.69, 9.17) is 0 Å². The van der Waals surface area contributed by atoms with E-state index in [9.17, 15) is 9.59 Å². The monoisotopic (exact) mass is 367 g/mol. The normalized spacial score (nSPS) is 9.74. The van der Waals surface area contributed by atoms with Gasteiger partial charge >= 0.3 is 0 Å². The lowest BCUT2D eigenvalue weighted by Gasteiger charge is -2.07. The van der Waals surface area contributed by atoms with Gasteiger partial charge in [0.15, 0.2) is 0 Å². The summed E-state index contributed by atoms with van der Waals surface area (Å²) in [5.41, 5.74) is 5.54. The van der Waals surface area contributed by atoms with Gasteiger partial charge in [0.05, 0.1) is 5.56 Å². The van der Waals surface area contributed by atoms with Gasteiger partial charge in [-0.25, -0.2) is 0 Å². The number of hydrogen-bond acceptors (Lipinski definition) is 3.